The van der Waals surface area contributed by atoms with Crippen LogP contribution < -0.4 is 4.72 Å². The summed E-state index contributed by atoms with van der Waals surface area (Å²) in [6.07, 6.45) is 1.80. The van der Waals surface area contributed by atoms with E-state index in [1.165, 1.54) is 30.0 Å². The first-order chi connectivity index (χ1) is 8.81. The van der Waals surface area contributed by atoms with E-state index in [2.05, 4.69) is 4.72 Å². The van der Waals surface area contributed by atoms with Gasteiger partial charge >= 0.3 is 0 Å². The number of benzene rings is 1. The summed E-state index contributed by atoms with van der Waals surface area (Å²) < 4.78 is 26.9. The van der Waals surface area contributed by atoms with E-state index in [4.69, 9.17) is 28.3 Å². The quantitative estimate of drug-likeness (QED) is 0.832. The van der Waals surface area contributed by atoms with Crippen LogP contribution >= 0.6 is 35.0 Å². The zero-order valence-electron chi connectivity index (χ0n) is 10.4. The molecule has 0 aliphatic carbocycles. The molecule has 0 spiro atoms. The number of sulfonamides is 1. The number of hydrogen-bond acceptors (Lipinski definition) is 4. The molecule has 2 unspecified atom stereocenters. The molecule has 0 radical (unpaired) electrons. The Balaban J connectivity index is 3.01. The third kappa shape index (κ3) is 4.51. The van der Waals surface area contributed by atoms with E-state index in [-0.39, 0.29) is 21.8 Å². The lowest BCUT2D eigenvalue weighted by Crippen LogP contribution is -2.41. The molecule has 0 saturated heterocycles. The Morgan fingerprint density at radius 1 is 1.42 bits per heavy atom. The SMILES string of the molecule is CSC(CO)C(C)NS(=O)(=O)c1cc(Cl)ccc1Cl. The van der Waals surface area contributed by atoms with Crippen LogP contribution in [0.1, 0.15) is 6.92 Å². The van der Waals surface area contributed by atoms with Crippen molar-refractivity contribution < 1.29 is 13.5 Å². The van der Waals surface area contributed by atoms with E-state index in [1.807, 2.05) is 0 Å². The smallest absolute Gasteiger partial charge is 0.242 e. The summed E-state index contributed by atoms with van der Waals surface area (Å²) in [6.45, 7) is 1.57. The molecule has 2 N–H and O–H groups in total. The van der Waals surface area contributed by atoms with Gasteiger partial charge < -0.3 is 5.11 Å². The number of nitrogens with one attached hydrogen (secondary N) is 1. The lowest BCUT2D eigenvalue weighted by molar-refractivity contribution is 0.282. The highest BCUT2D eigenvalue weighted by Gasteiger charge is 2.24. The minimum absolute atomic E-state index is 0.0636. The zero-order valence-corrected chi connectivity index (χ0v) is 13.6. The predicted octanol–water partition coefficient (Wildman–Crippen LogP) is 2.38. The summed E-state index contributed by atoms with van der Waals surface area (Å²) >= 11 is 13.0. The fourth-order valence-corrected chi connectivity index (χ4v) is 4.26. The molecule has 8 heteroatoms. The molecule has 0 amide bonds. The molecule has 4 nitrogen and oxygen atoms in total. The zero-order chi connectivity index (χ0) is 14.6. The molecule has 0 fully saturated rings. The highest BCUT2D eigenvalue weighted by molar-refractivity contribution is 7.99. The van der Waals surface area contributed by atoms with Gasteiger partial charge in [0, 0.05) is 16.3 Å². The van der Waals surface area contributed by atoms with Crippen LogP contribution in [0.5, 0.6) is 0 Å². The van der Waals surface area contributed by atoms with Crippen molar-refractivity contribution in [2.75, 3.05) is 12.9 Å². The molecular weight excluding hydrogens is 329 g/mol. The fourth-order valence-electron chi connectivity index (χ4n) is 1.50. The van der Waals surface area contributed by atoms with Gasteiger partial charge in [0.1, 0.15) is 4.90 Å². The number of aliphatic hydroxyl groups excluding tert-OH is 1. The van der Waals surface area contributed by atoms with Gasteiger partial charge in [-0.15, -0.1) is 0 Å². The summed E-state index contributed by atoms with van der Waals surface area (Å²) in [5.74, 6) is 0. The molecule has 0 aromatic heterocycles. The second-order valence-electron chi connectivity index (χ2n) is 3.94. The Hall–Kier alpha value is 0.0200. The van der Waals surface area contributed by atoms with Gasteiger partial charge in [-0.3, -0.25) is 0 Å². The fraction of sp³-hybridized carbons (Fsp3) is 0.455. The van der Waals surface area contributed by atoms with Crippen molar-refractivity contribution in [3.63, 3.8) is 0 Å². The van der Waals surface area contributed by atoms with Crippen molar-refractivity contribution in [3.05, 3.63) is 28.2 Å². The Morgan fingerprint density at radius 2 is 2.05 bits per heavy atom. The third-order valence-electron chi connectivity index (χ3n) is 2.56. The maximum atomic E-state index is 12.2. The number of halogens is 2. The molecule has 1 rings (SSSR count). The van der Waals surface area contributed by atoms with Crippen molar-refractivity contribution in [3.8, 4) is 0 Å². The molecule has 0 bridgehead atoms. The monoisotopic (exact) mass is 343 g/mol. The predicted molar refractivity (Wildman–Crippen MR) is 80.6 cm³/mol. The number of thioether (sulfide) groups is 1. The molecule has 0 saturated carbocycles. The summed E-state index contributed by atoms with van der Waals surface area (Å²) in [5, 5.41) is 9.33. The lowest BCUT2D eigenvalue weighted by Gasteiger charge is -2.21. The highest BCUT2D eigenvalue weighted by atomic mass is 35.5. The van der Waals surface area contributed by atoms with E-state index < -0.39 is 16.1 Å². The summed E-state index contributed by atoms with van der Waals surface area (Å²) in [7, 11) is -3.77. The van der Waals surface area contributed by atoms with Gasteiger partial charge in [0.2, 0.25) is 10.0 Å². The lowest BCUT2D eigenvalue weighted by atomic mass is 10.3. The average molecular weight is 344 g/mol. The third-order valence-corrected chi connectivity index (χ3v) is 6.00. The van der Waals surface area contributed by atoms with Crippen LogP contribution in [0.25, 0.3) is 0 Å². The molecule has 108 valence electrons. The van der Waals surface area contributed by atoms with E-state index in [9.17, 15) is 8.42 Å². The van der Waals surface area contributed by atoms with Crippen LogP contribution in [-0.4, -0.2) is 37.7 Å². The van der Waals surface area contributed by atoms with E-state index in [0.29, 0.717) is 5.02 Å². The normalized spacial score (nSPS) is 15.2. The van der Waals surface area contributed by atoms with Gasteiger partial charge in [-0.05, 0) is 31.4 Å². The van der Waals surface area contributed by atoms with Gasteiger partial charge in [-0.25, -0.2) is 13.1 Å². The first-order valence-electron chi connectivity index (χ1n) is 5.43. The first-order valence-corrected chi connectivity index (χ1v) is 8.95. The van der Waals surface area contributed by atoms with Crippen molar-refractivity contribution in [2.24, 2.45) is 0 Å². The van der Waals surface area contributed by atoms with Crippen molar-refractivity contribution >= 4 is 45.0 Å². The van der Waals surface area contributed by atoms with E-state index in [0.717, 1.165) is 0 Å². The Bertz CT molecular complexity index is 533. The molecule has 1 aromatic rings. The minimum Gasteiger partial charge on any atom is -0.395 e. The molecule has 0 heterocycles. The molecule has 2 atom stereocenters. The van der Waals surface area contributed by atoms with E-state index in [1.54, 1.807) is 13.2 Å². The largest absolute Gasteiger partial charge is 0.395 e. The van der Waals surface area contributed by atoms with Gasteiger partial charge in [0.15, 0.2) is 0 Å². The van der Waals surface area contributed by atoms with Crippen LogP contribution in [0.3, 0.4) is 0 Å². The number of rotatable bonds is 6. The minimum atomic E-state index is -3.77. The topological polar surface area (TPSA) is 66.4 Å². The molecular formula is C11H15Cl2NO3S2. The van der Waals surface area contributed by atoms with Crippen LogP contribution in [0, 0.1) is 0 Å². The standard InChI is InChI=1S/C11H15Cl2NO3S2/c1-7(10(6-15)18-2)14-19(16,17)11-5-8(12)3-4-9(11)13/h3-5,7,10,14-15H,6H2,1-2H3. The molecule has 0 aliphatic heterocycles. The van der Waals surface area contributed by atoms with E-state index >= 15 is 0 Å². The van der Waals surface area contributed by atoms with Crippen LogP contribution in [0.2, 0.25) is 10.0 Å². The van der Waals surface area contributed by atoms with Crippen LogP contribution in [0.4, 0.5) is 0 Å². The Morgan fingerprint density at radius 3 is 2.58 bits per heavy atom. The maximum absolute atomic E-state index is 12.2. The second kappa shape index (κ2) is 7.15. The van der Waals surface area contributed by atoms with Crippen molar-refractivity contribution in [2.45, 2.75) is 23.1 Å². The van der Waals surface area contributed by atoms with Gasteiger partial charge in [0.25, 0.3) is 0 Å². The van der Waals surface area contributed by atoms with Crippen molar-refractivity contribution in [1.29, 1.82) is 0 Å². The highest BCUT2D eigenvalue weighted by Crippen LogP contribution is 2.25. The molecule has 0 aliphatic rings. The summed E-state index contributed by atoms with van der Waals surface area (Å²) in [6, 6.07) is 3.82. The van der Waals surface area contributed by atoms with Gasteiger partial charge in [0.05, 0.1) is 11.6 Å². The number of aliphatic hydroxyl groups is 1. The number of hydrogen-bond donors (Lipinski definition) is 2. The van der Waals surface area contributed by atoms with Crippen LogP contribution in [0.15, 0.2) is 23.1 Å². The van der Waals surface area contributed by atoms with Crippen LogP contribution in [-0.2, 0) is 10.0 Å². The summed E-state index contributed by atoms with van der Waals surface area (Å²) in [4.78, 5) is -0.0636. The average Bonchev–Trinajstić information content (AvgIpc) is 2.33. The van der Waals surface area contributed by atoms with Crippen molar-refractivity contribution in [1.82, 2.24) is 4.72 Å². The summed E-state index contributed by atoms with van der Waals surface area (Å²) in [5.41, 5.74) is 0. The second-order valence-corrected chi connectivity index (χ2v) is 7.54. The van der Waals surface area contributed by atoms with Gasteiger partial charge in [-0.1, -0.05) is 23.2 Å². The van der Waals surface area contributed by atoms with Gasteiger partial charge in [-0.2, -0.15) is 11.8 Å². The maximum Gasteiger partial charge on any atom is 0.242 e. The first kappa shape index (κ1) is 17.1. The molecule has 19 heavy (non-hydrogen) atoms. The Kier molecular flexibility index (Phi) is 6.42. The molecule has 1 aromatic carbocycles. The Labute approximate surface area is 127 Å².